The SMILES string of the molecule is [B]C([B])(NC(=O)c1sc2nnc(C)c(C)c2c1N)c1ccc(SC(F)F)cc1. The first kappa shape index (κ1) is 20.6. The molecule has 0 saturated carbocycles. The minimum atomic E-state index is -2.53. The fraction of sp³-hybridized carbons (Fsp3) is 0.235. The number of hydrogen-bond acceptors (Lipinski definition) is 6. The van der Waals surface area contributed by atoms with Crippen LogP contribution >= 0.6 is 23.1 Å². The van der Waals surface area contributed by atoms with Gasteiger partial charge in [-0.2, -0.15) is 13.9 Å². The van der Waals surface area contributed by atoms with E-state index in [4.69, 9.17) is 21.4 Å². The number of aryl methyl sites for hydroxylation is 2. The maximum absolute atomic E-state index is 12.7. The van der Waals surface area contributed by atoms with Crippen molar-refractivity contribution in [3.63, 3.8) is 0 Å². The number of nitrogens with two attached hydrogens (primary N) is 1. The van der Waals surface area contributed by atoms with E-state index < -0.39 is 17.0 Å². The summed E-state index contributed by atoms with van der Waals surface area (Å²) in [7, 11) is 12.1. The number of carbonyl (C=O) groups is 1. The quantitative estimate of drug-likeness (QED) is 0.496. The summed E-state index contributed by atoms with van der Waals surface area (Å²) in [6.07, 6.45) is 0. The van der Waals surface area contributed by atoms with Gasteiger partial charge in [0.15, 0.2) is 0 Å². The lowest BCUT2D eigenvalue weighted by Crippen LogP contribution is -2.46. The Labute approximate surface area is 171 Å². The summed E-state index contributed by atoms with van der Waals surface area (Å²) >= 11 is 1.50. The lowest BCUT2D eigenvalue weighted by Gasteiger charge is -2.28. The van der Waals surface area contributed by atoms with E-state index in [-0.39, 0.29) is 10.6 Å². The zero-order valence-corrected chi connectivity index (χ0v) is 16.6. The van der Waals surface area contributed by atoms with Gasteiger partial charge in [-0.25, -0.2) is 0 Å². The van der Waals surface area contributed by atoms with Crippen molar-refractivity contribution in [2.45, 2.75) is 29.8 Å². The van der Waals surface area contributed by atoms with Crippen molar-refractivity contribution in [3.05, 3.63) is 46.0 Å². The van der Waals surface area contributed by atoms with Gasteiger partial charge in [0.25, 0.3) is 11.7 Å². The number of halogens is 2. The first-order chi connectivity index (χ1) is 13.1. The molecule has 5 nitrogen and oxygen atoms in total. The predicted molar refractivity (Wildman–Crippen MR) is 110 cm³/mol. The molecule has 0 aliphatic rings. The van der Waals surface area contributed by atoms with Crippen LogP contribution in [-0.2, 0) is 5.34 Å². The first-order valence-electron chi connectivity index (χ1n) is 8.07. The molecule has 0 aliphatic carbocycles. The van der Waals surface area contributed by atoms with E-state index in [9.17, 15) is 13.6 Å². The van der Waals surface area contributed by atoms with Crippen LogP contribution in [0.2, 0.25) is 0 Å². The second-order valence-electron chi connectivity index (χ2n) is 6.16. The maximum Gasteiger partial charge on any atom is 0.288 e. The fourth-order valence-corrected chi connectivity index (χ4v) is 4.13. The molecule has 140 valence electrons. The van der Waals surface area contributed by atoms with E-state index in [0.717, 1.165) is 22.6 Å². The van der Waals surface area contributed by atoms with Crippen LogP contribution in [0.5, 0.6) is 0 Å². The molecule has 0 fully saturated rings. The maximum atomic E-state index is 12.7. The van der Waals surface area contributed by atoms with Crippen molar-refractivity contribution in [1.29, 1.82) is 0 Å². The largest absolute Gasteiger partial charge is 0.397 e. The number of anilines is 1. The van der Waals surface area contributed by atoms with E-state index >= 15 is 0 Å². The molecule has 28 heavy (non-hydrogen) atoms. The van der Waals surface area contributed by atoms with Crippen LogP contribution in [-0.4, -0.2) is 37.6 Å². The monoisotopic (exact) mass is 414 g/mol. The molecule has 0 saturated heterocycles. The molecule has 4 radical (unpaired) electrons. The molecule has 11 heteroatoms. The molecular weight excluding hydrogens is 400 g/mol. The lowest BCUT2D eigenvalue weighted by molar-refractivity contribution is 0.0947. The molecule has 2 aromatic heterocycles. The van der Waals surface area contributed by atoms with Gasteiger partial charge in [0.2, 0.25) is 0 Å². The van der Waals surface area contributed by atoms with Gasteiger partial charge in [-0.1, -0.05) is 23.9 Å². The average Bonchev–Trinajstić information content (AvgIpc) is 2.95. The third-order valence-electron chi connectivity index (χ3n) is 4.22. The number of benzene rings is 1. The number of nitrogens with one attached hydrogen (secondary N) is 1. The number of alkyl halides is 2. The third kappa shape index (κ3) is 4.00. The summed E-state index contributed by atoms with van der Waals surface area (Å²) in [4.78, 5) is 13.9. The van der Waals surface area contributed by atoms with Crippen molar-refractivity contribution in [2.24, 2.45) is 0 Å². The molecule has 3 N–H and O–H groups in total. The Morgan fingerprint density at radius 3 is 2.50 bits per heavy atom. The molecule has 0 bridgehead atoms. The van der Waals surface area contributed by atoms with Gasteiger partial charge in [0.05, 0.1) is 27.1 Å². The number of thioether (sulfide) groups is 1. The van der Waals surface area contributed by atoms with Crippen LogP contribution in [0.1, 0.15) is 26.5 Å². The highest BCUT2D eigenvalue weighted by atomic mass is 32.2. The smallest absolute Gasteiger partial charge is 0.288 e. The Balaban J connectivity index is 1.86. The van der Waals surface area contributed by atoms with E-state index in [0.29, 0.717) is 32.4 Å². The van der Waals surface area contributed by atoms with Crippen molar-refractivity contribution >= 4 is 60.6 Å². The van der Waals surface area contributed by atoms with Gasteiger partial charge in [0, 0.05) is 10.3 Å². The van der Waals surface area contributed by atoms with Crippen molar-refractivity contribution < 1.29 is 13.6 Å². The zero-order chi connectivity index (χ0) is 20.6. The highest BCUT2D eigenvalue weighted by Gasteiger charge is 2.26. The second kappa shape index (κ2) is 7.71. The molecule has 0 spiro atoms. The summed E-state index contributed by atoms with van der Waals surface area (Å²) in [5.41, 5.74) is 8.36. The van der Waals surface area contributed by atoms with E-state index in [1.807, 2.05) is 6.92 Å². The van der Waals surface area contributed by atoms with Crippen LogP contribution in [0, 0.1) is 13.8 Å². The topological polar surface area (TPSA) is 80.9 Å². The Morgan fingerprint density at radius 1 is 1.25 bits per heavy atom. The molecule has 3 aromatic rings. The van der Waals surface area contributed by atoms with Crippen molar-refractivity contribution in [1.82, 2.24) is 15.5 Å². The molecule has 0 unspecified atom stereocenters. The summed E-state index contributed by atoms with van der Waals surface area (Å²) in [6.45, 7) is 3.66. The van der Waals surface area contributed by atoms with Crippen LogP contribution in [0.25, 0.3) is 10.2 Å². The Kier molecular flexibility index (Phi) is 5.67. The number of carbonyl (C=O) groups excluding carboxylic acids is 1. The molecule has 1 amide bonds. The van der Waals surface area contributed by atoms with Gasteiger partial charge < -0.3 is 11.1 Å². The normalized spacial score (nSPS) is 11.9. The summed E-state index contributed by atoms with van der Waals surface area (Å²) < 4.78 is 24.9. The van der Waals surface area contributed by atoms with E-state index in [1.165, 1.54) is 24.3 Å². The molecule has 0 aliphatic heterocycles. The number of nitrogen functional groups attached to an aromatic ring is 1. The van der Waals surface area contributed by atoms with Gasteiger partial charge in [0.1, 0.15) is 9.71 Å². The number of amides is 1. The average molecular weight is 414 g/mol. The van der Waals surface area contributed by atoms with Crippen molar-refractivity contribution in [3.8, 4) is 0 Å². The Hall–Kier alpha value is -2.13. The minimum Gasteiger partial charge on any atom is -0.397 e. The number of hydrogen-bond donors (Lipinski definition) is 2. The standard InChI is InChI=1S/C17H14B2F2N4OS2/c1-7-8(2)24-25-15-11(7)12(22)13(28-15)14(26)23-17(18,19)9-3-5-10(6-4-9)27-16(20)21/h3-6,16H,22H2,1-2H3,(H,23,26). The highest BCUT2D eigenvalue weighted by molar-refractivity contribution is 7.99. The number of thiophene rings is 1. The molecular formula is C17H14B2F2N4OS2. The molecule has 1 aromatic carbocycles. The Morgan fingerprint density at radius 2 is 1.89 bits per heavy atom. The highest BCUT2D eigenvalue weighted by Crippen LogP contribution is 2.35. The van der Waals surface area contributed by atoms with Crippen molar-refractivity contribution in [2.75, 3.05) is 5.73 Å². The fourth-order valence-electron chi connectivity index (χ4n) is 2.64. The number of rotatable bonds is 5. The van der Waals surface area contributed by atoms with Crippen LogP contribution < -0.4 is 11.1 Å². The lowest BCUT2D eigenvalue weighted by atomic mass is 9.58. The summed E-state index contributed by atoms with van der Waals surface area (Å²) in [6, 6.07) is 5.89. The number of fused-ring (bicyclic) bond motifs is 1. The molecule has 2 heterocycles. The van der Waals surface area contributed by atoms with Crippen LogP contribution in [0.3, 0.4) is 0 Å². The summed E-state index contributed by atoms with van der Waals surface area (Å²) in [5, 5.41) is 9.60. The minimum absolute atomic E-state index is 0.225. The van der Waals surface area contributed by atoms with Crippen LogP contribution in [0.4, 0.5) is 14.5 Å². The number of aromatic nitrogens is 2. The third-order valence-corrected chi connectivity index (χ3v) is 6.03. The van der Waals surface area contributed by atoms with Gasteiger partial charge >= 0.3 is 0 Å². The van der Waals surface area contributed by atoms with Crippen LogP contribution in [0.15, 0.2) is 29.2 Å². The number of nitrogens with zero attached hydrogens (tertiary/aromatic N) is 2. The molecule has 0 atom stereocenters. The van der Waals surface area contributed by atoms with E-state index in [2.05, 4.69) is 15.5 Å². The summed E-state index contributed by atoms with van der Waals surface area (Å²) in [5.74, 6) is -3.09. The molecule has 3 rings (SSSR count). The van der Waals surface area contributed by atoms with Gasteiger partial charge in [-0.05, 0) is 42.4 Å². The van der Waals surface area contributed by atoms with E-state index in [1.54, 1.807) is 6.92 Å². The van der Waals surface area contributed by atoms with Gasteiger partial charge in [-0.3, -0.25) is 4.79 Å². The zero-order valence-electron chi connectivity index (χ0n) is 15.0. The predicted octanol–water partition coefficient (Wildman–Crippen LogP) is 3.08. The van der Waals surface area contributed by atoms with Gasteiger partial charge in [-0.15, -0.1) is 16.4 Å². The Bertz CT molecular complexity index is 1040. The first-order valence-corrected chi connectivity index (χ1v) is 9.77. The second-order valence-corrected chi connectivity index (χ2v) is 8.22.